The summed E-state index contributed by atoms with van der Waals surface area (Å²) in [5, 5.41) is 7.73. The largest absolute Gasteiger partial charge is 0.311 e. The monoisotopic (exact) mass is 236 g/mol. The van der Waals surface area contributed by atoms with Gasteiger partial charge in [-0.05, 0) is 70.3 Å². The van der Waals surface area contributed by atoms with E-state index in [0.717, 1.165) is 18.0 Å². The van der Waals surface area contributed by atoms with E-state index < -0.39 is 0 Å². The van der Waals surface area contributed by atoms with Gasteiger partial charge in [0.25, 0.3) is 0 Å². The van der Waals surface area contributed by atoms with Crippen LogP contribution in [0.4, 0.5) is 0 Å². The van der Waals surface area contributed by atoms with Gasteiger partial charge in [0, 0.05) is 17.6 Å². The van der Waals surface area contributed by atoms with E-state index in [1.165, 1.54) is 64.3 Å². The molecular formula is C15H28N2. The fourth-order valence-electron chi connectivity index (χ4n) is 4.04. The number of rotatable bonds is 2. The maximum absolute atomic E-state index is 3.96. The Hall–Kier alpha value is -0.0800. The Kier molecular flexibility index (Phi) is 3.45. The molecule has 0 radical (unpaired) electrons. The molecule has 1 aliphatic heterocycles. The average Bonchev–Trinajstić information content (AvgIpc) is 2.31. The molecular weight excluding hydrogens is 208 g/mol. The van der Waals surface area contributed by atoms with Crippen molar-refractivity contribution in [2.45, 2.75) is 82.3 Å². The summed E-state index contributed by atoms with van der Waals surface area (Å²) in [5.74, 6) is 0.971. The van der Waals surface area contributed by atoms with E-state index >= 15 is 0 Å². The second-order valence-corrected chi connectivity index (χ2v) is 6.87. The minimum Gasteiger partial charge on any atom is -0.311 e. The minimum atomic E-state index is 0.553. The van der Waals surface area contributed by atoms with Crippen LogP contribution in [0.3, 0.4) is 0 Å². The Bertz CT molecular complexity index is 252. The molecule has 1 heterocycles. The molecule has 0 aromatic rings. The highest BCUT2D eigenvalue weighted by Crippen LogP contribution is 2.38. The van der Waals surface area contributed by atoms with Gasteiger partial charge in [-0.25, -0.2) is 0 Å². The molecule has 0 amide bonds. The molecule has 3 aliphatic rings. The van der Waals surface area contributed by atoms with Crippen molar-refractivity contribution in [2.75, 3.05) is 6.54 Å². The summed E-state index contributed by atoms with van der Waals surface area (Å²) >= 11 is 0. The molecule has 0 bridgehead atoms. The molecule has 3 fully saturated rings. The van der Waals surface area contributed by atoms with Crippen molar-refractivity contribution in [1.29, 1.82) is 0 Å². The Morgan fingerprint density at radius 2 is 1.76 bits per heavy atom. The number of hydrogen-bond donors (Lipinski definition) is 2. The van der Waals surface area contributed by atoms with Gasteiger partial charge in [0.1, 0.15) is 0 Å². The van der Waals surface area contributed by atoms with Crippen LogP contribution >= 0.6 is 0 Å². The fourth-order valence-corrected chi connectivity index (χ4v) is 4.04. The van der Waals surface area contributed by atoms with Crippen molar-refractivity contribution in [1.82, 2.24) is 10.6 Å². The zero-order chi connectivity index (χ0) is 11.7. The lowest BCUT2D eigenvalue weighted by Crippen LogP contribution is -2.60. The molecule has 1 atom stereocenters. The predicted molar refractivity (Wildman–Crippen MR) is 72.2 cm³/mol. The maximum atomic E-state index is 3.96. The van der Waals surface area contributed by atoms with E-state index in [0.29, 0.717) is 5.54 Å². The zero-order valence-corrected chi connectivity index (χ0v) is 11.3. The Morgan fingerprint density at radius 1 is 1.00 bits per heavy atom. The summed E-state index contributed by atoms with van der Waals surface area (Å²) in [6, 6.07) is 1.63. The van der Waals surface area contributed by atoms with E-state index in [1.807, 2.05) is 0 Å². The molecule has 1 saturated heterocycles. The van der Waals surface area contributed by atoms with E-state index in [-0.39, 0.29) is 0 Å². The highest BCUT2D eigenvalue weighted by molar-refractivity contribution is 5.02. The van der Waals surface area contributed by atoms with Gasteiger partial charge in [0.2, 0.25) is 0 Å². The van der Waals surface area contributed by atoms with Crippen LogP contribution in [-0.4, -0.2) is 24.2 Å². The van der Waals surface area contributed by atoms with E-state index in [4.69, 9.17) is 0 Å². The van der Waals surface area contributed by atoms with Gasteiger partial charge in [-0.1, -0.05) is 6.92 Å². The fraction of sp³-hybridized carbons (Fsp3) is 1.00. The van der Waals surface area contributed by atoms with Crippen molar-refractivity contribution in [3.8, 4) is 0 Å². The Labute approximate surface area is 106 Å². The predicted octanol–water partition coefficient (Wildman–Crippen LogP) is 2.83. The van der Waals surface area contributed by atoms with Gasteiger partial charge < -0.3 is 10.6 Å². The van der Waals surface area contributed by atoms with Crippen molar-refractivity contribution in [2.24, 2.45) is 5.92 Å². The topological polar surface area (TPSA) is 24.1 Å². The van der Waals surface area contributed by atoms with Crippen LogP contribution in [0.2, 0.25) is 0 Å². The van der Waals surface area contributed by atoms with E-state index in [1.54, 1.807) is 0 Å². The summed E-state index contributed by atoms with van der Waals surface area (Å²) in [5.41, 5.74) is 0.553. The smallest absolute Gasteiger partial charge is 0.0196 e. The second kappa shape index (κ2) is 4.89. The van der Waals surface area contributed by atoms with E-state index in [9.17, 15) is 0 Å². The van der Waals surface area contributed by atoms with Crippen LogP contribution in [0.1, 0.15) is 64.7 Å². The molecule has 2 heteroatoms. The summed E-state index contributed by atoms with van der Waals surface area (Å²) in [7, 11) is 0. The van der Waals surface area contributed by atoms with Gasteiger partial charge >= 0.3 is 0 Å². The van der Waals surface area contributed by atoms with Crippen LogP contribution < -0.4 is 10.6 Å². The molecule has 1 unspecified atom stereocenters. The van der Waals surface area contributed by atoms with Crippen molar-refractivity contribution >= 4 is 0 Å². The van der Waals surface area contributed by atoms with Crippen molar-refractivity contribution < 1.29 is 0 Å². The standard InChI is InChI=1S/C15H28N2/c1-12-3-5-13(6-4-12)17-14-7-10-16-15(11-14)8-2-9-15/h12-14,16-17H,2-11H2,1H3. The summed E-state index contributed by atoms with van der Waals surface area (Å²) < 4.78 is 0. The Balaban J connectivity index is 1.48. The molecule has 3 rings (SSSR count). The molecule has 2 aliphatic carbocycles. The van der Waals surface area contributed by atoms with Crippen LogP contribution in [0, 0.1) is 5.92 Å². The van der Waals surface area contributed by atoms with Crippen molar-refractivity contribution in [3.63, 3.8) is 0 Å². The van der Waals surface area contributed by atoms with Crippen molar-refractivity contribution in [3.05, 3.63) is 0 Å². The average molecular weight is 236 g/mol. The molecule has 2 saturated carbocycles. The number of hydrogen-bond acceptors (Lipinski definition) is 2. The molecule has 2 N–H and O–H groups in total. The molecule has 0 aromatic heterocycles. The summed E-state index contributed by atoms with van der Waals surface area (Å²) in [6.45, 7) is 3.64. The summed E-state index contributed by atoms with van der Waals surface area (Å²) in [6.07, 6.45) is 12.7. The zero-order valence-electron chi connectivity index (χ0n) is 11.3. The molecule has 17 heavy (non-hydrogen) atoms. The van der Waals surface area contributed by atoms with Gasteiger partial charge in [0.15, 0.2) is 0 Å². The van der Waals surface area contributed by atoms with Gasteiger partial charge in [-0.2, -0.15) is 0 Å². The number of nitrogens with one attached hydrogen (secondary N) is 2. The third kappa shape index (κ3) is 2.68. The molecule has 0 aromatic carbocycles. The summed E-state index contributed by atoms with van der Waals surface area (Å²) in [4.78, 5) is 0. The third-order valence-electron chi connectivity index (χ3n) is 5.43. The van der Waals surface area contributed by atoms with Crippen LogP contribution in [0.25, 0.3) is 0 Å². The first kappa shape index (κ1) is 12.0. The van der Waals surface area contributed by atoms with Crippen LogP contribution in [0.15, 0.2) is 0 Å². The molecule has 2 nitrogen and oxygen atoms in total. The van der Waals surface area contributed by atoms with Gasteiger partial charge in [-0.15, -0.1) is 0 Å². The lowest BCUT2D eigenvalue weighted by Gasteiger charge is -2.49. The highest BCUT2D eigenvalue weighted by atomic mass is 15.1. The second-order valence-electron chi connectivity index (χ2n) is 6.87. The number of piperidine rings is 1. The lowest BCUT2D eigenvalue weighted by atomic mass is 9.70. The van der Waals surface area contributed by atoms with E-state index in [2.05, 4.69) is 17.6 Å². The quantitative estimate of drug-likeness (QED) is 0.770. The van der Waals surface area contributed by atoms with Crippen LogP contribution in [0.5, 0.6) is 0 Å². The third-order valence-corrected chi connectivity index (χ3v) is 5.43. The molecule has 1 spiro atoms. The molecule has 98 valence electrons. The normalized spacial score (nSPS) is 41.1. The highest BCUT2D eigenvalue weighted by Gasteiger charge is 2.41. The minimum absolute atomic E-state index is 0.553. The first-order chi connectivity index (χ1) is 8.26. The van der Waals surface area contributed by atoms with Gasteiger partial charge in [-0.3, -0.25) is 0 Å². The van der Waals surface area contributed by atoms with Gasteiger partial charge in [0.05, 0.1) is 0 Å². The lowest BCUT2D eigenvalue weighted by molar-refractivity contribution is 0.111. The first-order valence-electron chi connectivity index (χ1n) is 7.77. The SMILES string of the molecule is CC1CCC(NC2CCNC3(CCC3)C2)CC1. The maximum Gasteiger partial charge on any atom is 0.0196 e. The Morgan fingerprint density at radius 3 is 2.41 bits per heavy atom. The van der Waals surface area contributed by atoms with Crippen LogP contribution in [-0.2, 0) is 0 Å². The first-order valence-corrected chi connectivity index (χ1v) is 7.77.